The second kappa shape index (κ2) is 12.7. The molecule has 0 radical (unpaired) electrons. The van der Waals surface area contributed by atoms with Crippen molar-refractivity contribution in [2.45, 2.75) is 52.4 Å². The Balaban J connectivity index is 1.51. The molecule has 0 N–H and O–H groups in total. The molecule has 178 valence electrons. The summed E-state index contributed by atoms with van der Waals surface area (Å²) < 4.78 is 24.4. The van der Waals surface area contributed by atoms with Crippen LogP contribution >= 0.6 is 0 Å². The number of hydrogen-bond donors (Lipinski definition) is 0. The van der Waals surface area contributed by atoms with Crippen molar-refractivity contribution >= 4 is 11.9 Å². The van der Waals surface area contributed by atoms with Gasteiger partial charge in [0.1, 0.15) is 11.6 Å². The van der Waals surface area contributed by atoms with Crippen LogP contribution in [0.4, 0.5) is 4.39 Å². The first kappa shape index (κ1) is 25.2. The molecule has 0 atom stereocenters. The third kappa shape index (κ3) is 7.27. The number of esters is 2. The van der Waals surface area contributed by atoms with Gasteiger partial charge in [-0.15, -0.1) is 0 Å². The lowest BCUT2D eigenvalue weighted by Crippen LogP contribution is -2.09. The van der Waals surface area contributed by atoms with Crippen LogP contribution in [0, 0.1) is 12.7 Å². The van der Waals surface area contributed by atoms with E-state index in [0.717, 1.165) is 24.0 Å². The molecule has 0 saturated carbocycles. The fourth-order valence-electron chi connectivity index (χ4n) is 3.53. The predicted octanol–water partition coefficient (Wildman–Crippen LogP) is 7.54. The highest BCUT2D eigenvalue weighted by atomic mass is 19.1. The monoisotopic (exact) mass is 462 g/mol. The van der Waals surface area contributed by atoms with Crippen LogP contribution in [0.1, 0.15) is 71.7 Å². The smallest absolute Gasteiger partial charge is 0.343 e. The number of aryl methyl sites for hydroxylation is 1. The molecule has 0 aliphatic rings. The summed E-state index contributed by atoms with van der Waals surface area (Å²) in [5.74, 6) is -1.01. The Morgan fingerprint density at radius 1 is 0.735 bits per heavy atom. The molecule has 3 aromatic rings. The summed E-state index contributed by atoms with van der Waals surface area (Å²) in [4.78, 5) is 24.5. The van der Waals surface area contributed by atoms with Gasteiger partial charge in [0.25, 0.3) is 0 Å². The van der Waals surface area contributed by atoms with Gasteiger partial charge >= 0.3 is 11.9 Å². The maximum absolute atomic E-state index is 13.7. The number of rotatable bonds is 11. The second-order valence-electron chi connectivity index (χ2n) is 8.36. The molecule has 4 nitrogen and oxygen atoms in total. The maximum atomic E-state index is 13.7. The lowest BCUT2D eigenvalue weighted by molar-refractivity contribution is 0.0497. The number of carbonyl (C=O) groups is 2. The molecule has 0 fully saturated rings. The Labute approximate surface area is 200 Å². The molecule has 0 saturated heterocycles. The van der Waals surface area contributed by atoms with Gasteiger partial charge in [-0.05, 0) is 66.4 Å². The van der Waals surface area contributed by atoms with Crippen molar-refractivity contribution in [1.29, 1.82) is 0 Å². The maximum Gasteiger partial charge on any atom is 0.343 e. The highest BCUT2D eigenvalue weighted by Crippen LogP contribution is 2.24. The molecule has 3 aromatic carbocycles. The van der Waals surface area contributed by atoms with Crippen LogP contribution in [0.25, 0.3) is 11.1 Å². The zero-order chi connectivity index (χ0) is 24.3. The normalized spacial score (nSPS) is 10.7. The number of unbranched alkanes of at least 4 members (excludes halogenated alkanes) is 5. The van der Waals surface area contributed by atoms with Crippen LogP contribution < -0.4 is 4.74 Å². The second-order valence-corrected chi connectivity index (χ2v) is 8.36. The quantitative estimate of drug-likeness (QED) is 0.168. The zero-order valence-corrected chi connectivity index (χ0v) is 19.8. The molecular weight excluding hydrogens is 431 g/mol. The number of halogens is 1. The molecule has 0 bridgehead atoms. The summed E-state index contributed by atoms with van der Waals surface area (Å²) >= 11 is 0. The Hall–Kier alpha value is -3.47. The summed E-state index contributed by atoms with van der Waals surface area (Å²) in [5.41, 5.74) is 2.98. The molecule has 0 heterocycles. The Bertz CT molecular complexity index is 1090. The largest absolute Gasteiger partial charge is 0.462 e. The number of hydrogen-bond acceptors (Lipinski definition) is 4. The average Bonchev–Trinajstić information content (AvgIpc) is 2.85. The van der Waals surface area contributed by atoms with E-state index in [2.05, 4.69) is 6.92 Å². The van der Waals surface area contributed by atoms with Crippen molar-refractivity contribution in [3.63, 3.8) is 0 Å². The van der Waals surface area contributed by atoms with E-state index in [1.54, 1.807) is 37.3 Å². The minimum atomic E-state index is -0.615. The van der Waals surface area contributed by atoms with Crippen LogP contribution in [0.3, 0.4) is 0 Å². The van der Waals surface area contributed by atoms with Crippen LogP contribution in [0.15, 0.2) is 66.7 Å². The van der Waals surface area contributed by atoms with Crippen molar-refractivity contribution in [1.82, 2.24) is 0 Å². The third-order valence-electron chi connectivity index (χ3n) is 5.66. The summed E-state index contributed by atoms with van der Waals surface area (Å²) in [6.07, 6.45) is 6.88. The first-order valence-corrected chi connectivity index (χ1v) is 11.8. The van der Waals surface area contributed by atoms with Crippen molar-refractivity contribution in [3.05, 3.63) is 89.2 Å². The van der Waals surface area contributed by atoms with Gasteiger partial charge < -0.3 is 9.47 Å². The standard InChI is InChI=1S/C29H31FO4/c1-3-4-5-6-7-8-19-33-28(31)24-13-11-22(12-14-24)23-15-17-26(18-16-23)34-29(32)25-10-9-21(2)27(30)20-25/h9-18,20H,3-8,19H2,1-2H3. The highest BCUT2D eigenvalue weighted by molar-refractivity contribution is 5.91. The van der Waals surface area contributed by atoms with Crippen molar-refractivity contribution in [3.8, 4) is 16.9 Å². The van der Waals surface area contributed by atoms with Gasteiger partial charge in [0, 0.05) is 0 Å². The minimum Gasteiger partial charge on any atom is -0.462 e. The molecule has 0 unspecified atom stereocenters. The summed E-state index contributed by atoms with van der Waals surface area (Å²) in [6.45, 7) is 4.27. The first-order valence-electron chi connectivity index (χ1n) is 11.8. The number of carbonyl (C=O) groups excluding carboxylic acids is 2. The fourth-order valence-corrected chi connectivity index (χ4v) is 3.53. The van der Waals surface area contributed by atoms with E-state index in [1.165, 1.54) is 37.8 Å². The SMILES string of the molecule is CCCCCCCCOC(=O)c1ccc(-c2ccc(OC(=O)c3ccc(C)c(F)c3)cc2)cc1. The molecule has 0 spiro atoms. The Morgan fingerprint density at radius 2 is 1.32 bits per heavy atom. The van der Waals surface area contributed by atoms with Crippen LogP contribution in [0.5, 0.6) is 5.75 Å². The fraction of sp³-hybridized carbons (Fsp3) is 0.310. The van der Waals surface area contributed by atoms with Crippen molar-refractivity contribution in [2.24, 2.45) is 0 Å². The predicted molar refractivity (Wildman–Crippen MR) is 132 cm³/mol. The Morgan fingerprint density at radius 3 is 1.97 bits per heavy atom. The lowest BCUT2D eigenvalue weighted by Gasteiger charge is -2.08. The van der Waals surface area contributed by atoms with E-state index in [1.807, 2.05) is 24.3 Å². The van der Waals surface area contributed by atoms with Crippen molar-refractivity contribution in [2.75, 3.05) is 6.61 Å². The van der Waals surface area contributed by atoms with Crippen LogP contribution in [-0.4, -0.2) is 18.5 Å². The molecule has 5 heteroatoms. The molecule has 0 aliphatic heterocycles. The highest BCUT2D eigenvalue weighted by Gasteiger charge is 2.11. The van der Waals surface area contributed by atoms with E-state index in [-0.39, 0.29) is 11.5 Å². The summed E-state index contributed by atoms with van der Waals surface area (Å²) in [5, 5.41) is 0. The molecule has 0 aliphatic carbocycles. The van der Waals surface area contributed by atoms with Gasteiger partial charge in [0.15, 0.2) is 0 Å². The van der Waals surface area contributed by atoms with E-state index in [4.69, 9.17) is 9.47 Å². The van der Waals surface area contributed by atoms with E-state index >= 15 is 0 Å². The number of ether oxygens (including phenoxy) is 2. The zero-order valence-electron chi connectivity index (χ0n) is 19.8. The van der Waals surface area contributed by atoms with Gasteiger partial charge in [0.05, 0.1) is 17.7 Å². The van der Waals surface area contributed by atoms with Crippen LogP contribution in [-0.2, 0) is 4.74 Å². The van der Waals surface area contributed by atoms with Gasteiger partial charge in [-0.25, -0.2) is 14.0 Å². The molecule has 3 rings (SSSR count). The van der Waals surface area contributed by atoms with Crippen LogP contribution in [0.2, 0.25) is 0 Å². The Kier molecular flexibility index (Phi) is 9.39. The summed E-state index contributed by atoms with van der Waals surface area (Å²) in [7, 11) is 0. The molecule has 0 amide bonds. The van der Waals surface area contributed by atoms with Gasteiger partial charge in [-0.2, -0.15) is 0 Å². The number of benzene rings is 3. The van der Waals surface area contributed by atoms with Gasteiger partial charge in [-0.1, -0.05) is 69.4 Å². The van der Waals surface area contributed by atoms with E-state index in [0.29, 0.717) is 23.5 Å². The minimum absolute atomic E-state index is 0.158. The average molecular weight is 463 g/mol. The first-order chi connectivity index (χ1) is 16.5. The molecule has 0 aromatic heterocycles. The van der Waals surface area contributed by atoms with Gasteiger partial charge in [-0.3, -0.25) is 0 Å². The topological polar surface area (TPSA) is 52.6 Å². The molecular formula is C29H31FO4. The van der Waals surface area contributed by atoms with Crippen molar-refractivity contribution < 1.29 is 23.5 Å². The van der Waals surface area contributed by atoms with Gasteiger partial charge in [0.2, 0.25) is 0 Å². The lowest BCUT2D eigenvalue weighted by atomic mass is 10.0. The van der Waals surface area contributed by atoms with E-state index in [9.17, 15) is 14.0 Å². The summed E-state index contributed by atoms with van der Waals surface area (Å²) in [6, 6.07) is 18.5. The third-order valence-corrected chi connectivity index (χ3v) is 5.66. The molecule has 34 heavy (non-hydrogen) atoms. The van der Waals surface area contributed by atoms with E-state index < -0.39 is 11.8 Å².